The van der Waals surface area contributed by atoms with E-state index in [1.165, 1.54) is 4.90 Å². The summed E-state index contributed by atoms with van der Waals surface area (Å²) in [4.78, 5) is 32.8. The van der Waals surface area contributed by atoms with E-state index in [9.17, 15) is 14.7 Å². The first-order chi connectivity index (χ1) is 16.0. The SMILES string of the molecule is CCCOc1ccc(C2=C(N3CCN(CCO)CC3)C(=O)N(c3cccc(C)c3)C2=O)cc1. The van der Waals surface area contributed by atoms with E-state index in [1.54, 1.807) is 6.07 Å². The molecule has 1 N–H and O–H groups in total. The molecule has 2 heterocycles. The van der Waals surface area contributed by atoms with Gasteiger partial charge in [0.15, 0.2) is 0 Å². The first kappa shape index (κ1) is 23.0. The minimum absolute atomic E-state index is 0.110. The van der Waals surface area contributed by atoms with Crippen LogP contribution in [0.1, 0.15) is 24.5 Å². The van der Waals surface area contributed by atoms with E-state index in [0.29, 0.717) is 48.8 Å². The minimum Gasteiger partial charge on any atom is -0.494 e. The Labute approximate surface area is 194 Å². The summed E-state index contributed by atoms with van der Waals surface area (Å²) >= 11 is 0. The number of ether oxygens (including phenoxy) is 1. The van der Waals surface area contributed by atoms with Gasteiger partial charge in [-0.2, -0.15) is 0 Å². The van der Waals surface area contributed by atoms with Crippen LogP contribution >= 0.6 is 0 Å². The number of rotatable bonds is 8. The molecule has 33 heavy (non-hydrogen) atoms. The van der Waals surface area contributed by atoms with Crippen molar-refractivity contribution in [3.8, 4) is 5.75 Å². The van der Waals surface area contributed by atoms with E-state index in [0.717, 1.165) is 30.8 Å². The predicted octanol–water partition coefficient (Wildman–Crippen LogP) is 2.68. The molecule has 1 fully saturated rings. The van der Waals surface area contributed by atoms with Crippen LogP contribution < -0.4 is 9.64 Å². The fraction of sp³-hybridized carbons (Fsp3) is 0.385. The summed E-state index contributed by atoms with van der Waals surface area (Å²) in [7, 11) is 0. The van der Waals surface area contributed by atoms with Crippen LogP contribution in [0.4, 0.5) is 5.69 Å². The van der Waals surface area contributed by atoms with Gasteiger partial charge >= 0.3 is 0 Å². The molecular formula is C26H31N3O4. The smallest absolute Gasteiger partial charge is 0.282 e. The molecule has 2 aromatic carbocycles. The lowest BCUT2D eigenvalue weighted by Crippen LogP contribution is -2.48. The van der Waals surface area contributed by atoms with Gasteiger partial charge in [-0.3, -0.25) is 14.5 Å². The molecule has 0 bridgehead atoms. The van der Waals surface area contributed by atoms with Gasteiger partial charge in [-0.1, -0.05) is 31.2 Å². The van der Waals surface area contributed by atoms with Gasteiger partial charge in [-0.05, 0) is 48.7 Å². The molecule has 2 amide bonds. The van der Waals surface area contributed by atoms with E-state index in [-0.39, 0.29) is 18.4 Å². The van der Waals surface area contributed by atoms with Crippen LogP contribution in [0.5, 0.6) is 5.75 Å². The number of carbonyl (C=O) groups is 2. The van der Waals surface area contributed by atoms with Gasteiger partial charge < -0.3 is 14.7 Å². The summed E-state index contributed by atoms with van der Waals surface area (Å²) in [6.07, 6.45) is 0.914. The summed E-state index contributed by atoms with van der Waals surface area (Å²) in [6, 6.07) is 14.9. The number of imide groups is 1. The van der Waals surface area contributed by atoms with E-state index in [4.69, 9.17) is 4.74 Å². The summed E-state index contributed by atoms with van der Waals surface area (Å²) in [5, 5.41) is 9.24. The first-order valence-corrected chi connectivity index (χ1v) is 11.5. The van der Waals surface area contributed by atoms with Crippen molar-refractivity contribution < 1.29 is 19.4 Å². The second kappa shape index (κ2) is 10.2. The van der Waals surface area contributed by atoms with Gasteiger partial charge in [0.2, 0.25) is 0 Å². The van der Waals surface area contributed by atoms with Gasteiger partial charge in [0.1, 0.15) is 11.4 Å². The Morgan fingerprint density at radius 2 is 1.70 bits per heavy atom. The number of benzene rings is 2. The van der Waals surface area contributed by atoms with Gasteiger partial charge in [-0.25, -0.2) is 4.90 Å². The molecule has 0 saturated carbocycles. The average Bonchev–Trinajstić information content (AvgIpc) is 3.08. The Kier molecular flexibility index (Phi) is 7.11. The zero-order valence-corrected chi connectivity index (χ0v) is 19.3. The highest BCUT2D eigenvalue weighted by Gasteiger charge is 2.43. The molecule has 0 radical (unpaired) electrons. The van der Waals surface area contributed by atoms with E-state index in [1.807, 2.05) is 54.3 Å². The number of anilines is 1. The molecule has 2 aromatic rings. The third-order valence-corrected chi connectivity index (χ3v) is 6.04. The Balaban J connectivity index is 1.70. The first-order valence-electron chi connectivity index (χ1n) is 11.5. The molecule has 174 valence electrons. The van der Waals surface area contributed by atoms with E-state index < -0.39 is 0 Å². The van der Waals surface area contributed by atoms with Crippen molar-refractivity contribution in [2.45, 2.75) is 20.3 Å². The maximum Gasteiger partial charge on any atom is 0.282 e. The monoisotopic (exact) mass is 449 g/mol. The fourth-order valence-corrected chi connectivity index (χ4v) is 4.35. The lowest BCUT2D eigenvalue weighted by atomic mass is 10.0. The summed E-state index contributed by atoms with van der Waals surface area (Å²) in [6.45, 7) is 8.05. The Hall–Kier alpha value is -3.16. The molecule has 7 heteroatoms. The van der Waals surface area contributed by atoms with E-state index >= 15 is 0 Å². The van der Waals surface area contributed by atoms with Crippen LogP contribution in [0, 0.1) is 6.92 Å². The number of aliphatic hydroxyl groups excluding tert-OH is 1. The number of β-amino-alcohol motifs (C(OH)–C–C–N with tert-alkyl or cyclic N) is 1. The summed E-state index contributed by atoms with van der Waals surface area (Å²) < 4.78 is 5.69. The second-order valence-corrected chi connectivity index (χ2v) is 8.43. The fourth-order valence-electron chi connectivity index (χ4n) is 4.35. The van der Waals surface area contributed by atoms with Crippen molar-refractivity contribution in [2.75, 3.05) is 50.8 Å². The average molecular weight is 450 g/mol. The van der Waals surface area contributed by atoms with Crippen LogP contribution in [0.25, 0.3) is 5.57 Å². The van der Waals surface area contributed by atoms with Crippen molar-refractivity contribution >= 4 is 23.1 Å². The zero-order chi connectivity index (χ0) is 23.4. The third kappa shape index (κ3) is 4.79. The quantitative estimate of drug-likeness (QED) is 0.625. The van der Waals surface area contributed by atoms with Crippen LogP contribution in [0.3, 0.4) is 0 Å². The largest absolute Gasteiger partial charge is 0.494 e. The van der Waals surface area contributed by atoms with Crippen molar-refractivity contribution in [3.05, 3.63) is 65.4 Å². The van der Waals surface area contributed by atoms with Gasteiger partial charge in [0, 0.05) is 32.7 Å². The Morgan fingerprint density at radius 3 is 2.33 bits per heavy atom. The van der Waals surface area contributed by atoms with Crippen LogP contribution in [-0.2, 0) is 9.59 Å². The van der Waals surface area contributed by atoms with Gasteiger partial charge in [0.25, 0.3) is 11.8 Å². The highest BCUT2D eigenvalue weighted by Crippen LogP contribution is 2.36. The van der Waals surface area contributed by atoms with Gasteiger partial charge in [0.05, 0.1) is 24.5 Å². The molecule has 2 aliphatic rings. The number of aliphatic hydroxyl groups is 1. The molecule has 0 unspecified atom stereocenters. The number of nitrogens with zero attached hydrogens (tertiary/aromatic N) is 3. The maximum absolute atomic E-state index is 13.7. The molecular weight excluding hydrogens is 418 g/mol. The zero-order valence-electron chi connectivity index (χ0n) is 19.3. The number of aryl methyl sites for hydroxylation is 1. The number of piperazine rings is 1. The highest BCUT2D eigenvalue weighted by molar-refractivity contribution is 6.45. The van der Waals surface area contributed by atoms with Crippen LogP contribution in [-0.4, -0.2) is 72.7 Å². The van der Waals surface area contributed by atoms with E-state index in [2.05, 4.69) is 11.8 Å². The molecule has 0 aromatic heterocycles. The third-order valence-electron chi connectivity index (χ3n) is 6.04. The van der Waals surface area contributed by atoms with Crippen molar-refractivity contribution in [1.82, 2.24) is 9.80 Å². The second-order valence-electron chi connectivity index (χ2n) is 8.43. The molecule has 1 saturated heterocycles. The van der Waals surface area contributed by atoms with Crippen molar-refractivity contribution in [1.29, 1.82) is 0 Å². The number of hydrogen-bond donors (Lipinski definition) is 1. The Bertz CT molecular complexity index is 1040. The molecule has 2 aliphatic heterocycles. The molecule has 4 rings (SSSR count). The van der Waals surface area contributed by atoms with Crippen molar-refractivity contribution in [2.24, 2.45) is 0 Å². The molecule has 7 nitrogen and oxygen atoms in total. The summed E-state index contributed by atoms with van der Waals surface area (Å²) in [5.41, 5.74) is 3.16. The number of hydrogen-bond acceptors (Lipinski definition) is 6. The standard InChI is InChI=1S/C26H31N3O4/c1-3-17-33-22-9-7-20(8-10-22)23-24(28-13-11-27(12-14-28)15-16-30)26(32)29(25(23)31)21-6-4-5-19(2)18-21/h4-10,18,30H,3,11-17H2,1-2H3. The predicted molar refractivity (Wildman–Crippen MR) is 128 cm³/mol. The summed E-state index contributed by atoms with van der Waals surface area (Å²) in [5.74, 6) is 0.149. The lowest BCUT2D eigenvalue weighted by molar-refractivity contribution is -0.120. The normalized spacial score (nSPS) is 17.3. The number of carbonyl (C=O) groups excluding carboxylic acids is 2. The molecule has 0 atom stereocenters. The Morgan fingerprint density at radius 1 is 0.970 bits per heavy atom. The van der Waals surface area contributed by atoms with Gasteiger partial charge in [-0.15, -0.1) is 0 Å². The minimum atomic E-state index is -0.305. The number of amides is 2. The molecule has 0 spiro atoms. The lowest BCUT2D eigenvalue weighted by Gasteiger charge is -2.36. The topological polar surface area (TPSA) is 73.3 Å². The van der Waals surface area contributed by atoms with Crippen LogP contribution in [0.2, 0.25) is 0 Å². The van der Waals surface area contributed by atoms with Crippen molar-refractivity contribution in [3.63, 3.8) is 0 Å². The van der Waals surface area contributed by atoms with Crippen LogP contribution in [0.15, 0.2) is 54.2 Å². The maximum atomic E-state index is 13.7. The molecule has 0 aliphatic carbocycles. The highest BCUT2D eigenvalue weighted by atomic mass is 16.5.